The third-order valence-corrected chi connectivity index (χ3v) is 4.22. The molecule has 0 radical (unpaired) electrons. The average Bonchev–Trinajstić information content (AvgIpc) is 2.61. The van der Waals surface area contributed by atoms with E-state index >= 15 is 0 Å². The standard InChI is InChI=1S/C18H20N2O3S/c1-23-15-7-9-16(10-8-15)24-12-11-17(21)20-18(22)19-13-14-5-3-2-4-6-14/h2-10H,11-13H2,1H3,(H2,19,20,21,22). The molecule has 0 saturated heterocycles. The lowest BCUT2D eigenvalue weighted by molar-refractivity contribution is -0.119. The van der Waals surface area contributed by atoms with Gasteiger partial charge in [0.2, 0.25) is 5.91 Å². The van der Waals surface area contributed by atoms with Crippen molar-refractivity contribution in [1.29, 1.82) is 0 Å². The monoisotopic (exact) mass is 344 g/mol. The number of benzene rings is 2. The number of imide groups is 1. The van der Waals surface area contributed by atoms with Crippen LogP contribution in [0, 0.1) is 0 Å². The Morgan fingerprint density at radius 2 is 1.75 bits per heavy atom. The minimum atomic E-state index is -0.474. The van der Waals surface area contributed by atoms with Crippen molar-refractivity contribution < 1.29 is 14.3 Å². The van der Waals surface area contributed by atoms with E-state index in [0.717, 1.165) is 16.2 Å². The molecule has 5 nitrogen and oxygen atoms in total. The Bertz CT molecular complexity index is 660. The number of rotatable bonds is 7. The summed E-state index contributed by atoms with van der Waals surface area (Å²) in [5.41, 5.74) is 0.982. The van der Waals surface area contributed by atoms with Crippen LogP contribution in [0.3, 0.4) is 0 Å². The molecule has 0 unspecified atom stereocenters. The number of amides is 3. The summed E-state index contributed by atoms with van der Waals surface area (Å²) < 4.78 is 5.09. The van der Waals surface area contributed by atoms with Gasteiger partial charge in [-0.2, -0.15) is 0 Å². The molecular weight excluding hydrogens is 324 g/mol. The summed E-state index contributed by atoms with van der Waals surface area (Å²) in [6, 6.07) is 16.7. The van der Waals surface area contributed by atoms with E-state index < -0.39 is 6.03 Å². The molecule has 0 heterocycles. The normalized spacial score (nSPS) is 10.0. The molecule has 2 rings (SSSR count). The zero-order valence-corrected chi connectivity index (χ0v) is 14.3. The first kappa shape index (κ1) is 17.9. The highest BCUT2D eigenvalue weighted by atomic mass is 32.2. The van der Waals surface area contributed by atoms with Gasteiger partial charge in [-0.3, -0.25) is 10.1 Å². The summed E-state index contributed by atoms with van der Waals surface area (Å²) in [7, 11) is 1.62. The molecule has 6 heteroatoms. The van der Waals surface area contributed by atoms with Crippen molar-refractivity contribution in [2.45, 2.75) is 17.9 Å². The summed E-state index contributed by atoms with van der Waals surface area (Å²) in [4.78, 5) is 24.5. The lowest BCUT2D eigenvalue weighted by Crippen LogP contribution is -2.39. The summed E-state index contributed by atoms with van der Waals surface area (Å²) >= 11 is 1.56. The van der Waals surface area contributed by atoms with Gasteiger partial charge < -0.3 is 10.1 Å². The van der Waals surface area contributed by atoms with Crippen molar-refractivity contribution >= 4 is 23.7 Å². The molecule has 2 N–H and O–H groups in total. The summed E-state index contributed by atoms with van der Waals surface area (Å²) in [6.07, 6.45) is 0.273. The highest BCUT2D eigenvalue weighted by Crippen LogP contribution is 2.21. The van der Waals surface area contributed by atoms with Gasteiger partial charge in [-0.15, -0.1) is 11.8 Å². The first-order chi connectivity index (χ1) is 11.7. The number of urea groups is 1. The lowest BCUT2D eigenvalue weighted by Gasteiger charge is -2.07. The van der Waals surface area contributed by atoms with Crippen LogP contribution >= 0.6 is 11.8 Å². The first-order valence-electron chi connectivity index (χ1n) is 7.56. The number of carbonyl (C=O) groups excluding carboxylic acids is 2. The highest BCUT2D eigenvalue weighted by Gasteiger charge is 2.07. The molecule has 126 valence electrons. The maximum Gasteiger partial charge on any atom is 0.321 e. The van der Waals surface area contributed by atoms with E-state index in [2.05, 4.69) is 10.6 Å². The average molecular weight is 344 g/mol. The molecule has 0 aromatic heterocycles. The first-order valence-corrected chi connectivity index (χ1v) is 8.54. The maximum absolute atomic E-state index is 11.8. The van der Waals surface area contributed by atoms with E-state index in [4.69, 9.17) is 4.74 Å². The number of carbonyl (C=O) groups is 2. The minimum Gasteiger partial charge on any atom is -0.497 e. The molecule has 0 aliphatic rings. The molecule has 24 heavy (non-hydrogen) atoms. The van der Waals surface area contributed by atoms with Gasteiger partial charge in [0.15, 0.2) is 0 Å². The van der Waals surface area contributed by atoms with Crippen LogP contribution in [0.15, 0.2) is 59.5 Å². The van der Waals surface area contributed by atoms with E-state index in [-0.39, 0.29) is 12.3 Å². The van der Waals surface area contributed by atoms with Crippen molar-refractivity contribution in [3.63, 3.8) is 0 Å². The van der Waals surface area contributed by atoms with Gasteiger partial charge in [0.1, 0.15) is 5.75 Å². The zero-order chi connectivity index (χ0) is 17.2. The van der Waals surface area contributed by atoms with Crippen LogP contribution in [-0.4, -0.2) is 24.8 Å². The van der Waals surface area contributed by atoms with Crippen LogP contribution in [0.5, 0.6) is 5.75 Å². The third-order valence-electron chi connectivity index (χ3n) is 3.21. The maximum atomic E-state index is 11.8. The van der Waals surface area contributed by atoms with E-state index in [1.165, 1.54) is 0 Å². The second kappa shape index (κ2) is 9.62. The third kappa shape index (κ3) is 6.34. The van der Waals surface area contributed by atoms with Gasteiger partial charge in [0.25, 0.3) is 0 Å². The van der Waals surface area contributed by atoms with Crippen molar-refractivity contribution in [3.05, 3.63) is 60.2 Å². The summed E-state index contributed by atoms with van der Waals surface area (Å²) in [6.45, 7) is 0.389. The molecule has 0 aliphatic carbocycles. The molecular formula is C18H20N2O3S. The smallest absolute Gasteiger partial charge is 0.321 e. The van der Waals surface area contributed by atoms with Crippen LogP contribution in [0.2, 0.25) is 0 Å². The Hall–Kier alpha value is -2.47. The fraction of sp³-hybridized carbons (Fsp3) is 0.222. The molecule has 0 bridgehead atoms. The van der Waals surface area contributed by atoms with Crippen LogP contribution in [0.4, 0.5) is 4.79 Å². The van der Waals surface area contributed by atoms with Crippen LogP contribution in [0.25, 0.3) is 0 Å². The molecule has 0 saturated carbocycles. The van der Waals surface area contributed by atoms with Gasteiger partial charge in [0, 0.05) is 23.6 Å². The van der Waals surface area contributed by atoms with Crippen molar-refractivity contribution in [2.24, 2.45) is 0 Å². The van der Waals surface area contributed by atoms with E-state index in [9.17, 15) is 9.59 Å². The van der Waals surface area contributed by atoms with Crippen molar-refractivity contribution in [2.75, 3.05) is 12.9 Å². The molecule has 0 fully saturated rings. The zero-order valence-electron chi connectivity index (χ0n) is 13.5. The van der Waals surface area contributed by atoms with Crippen molar-refractivity contribution in [3.8, 4) is 5.75 Å². The van der Waals surface area contributed by atoms with Gasteiger partial charge in [0.05, 0.1) is 7.11 Å². The fourth-order valence-electron chi connectivity index (χ4n) is 1.95. The number of thioether (sulfide) groups is 1. The molecule has 0 aliphatic heterocycles. The number of nitrogens with one attached hydrogen (secondary N) is 2. The Labute approximate surface area is 145 Å². The van der Waals surface area contributed by atoms with E-state index in [1.54, 1.807) is 18.9 Å². The lowest BCUT2D eigenvalue weighted by atomic mass is 10.2. The van der Waals surface area contributed by atoms with Crippen LogP contribution < -0.4 is 15.4 Å². The Kier molecular flexibility index (Phi) is 7.17. The molecule has 0 spiro atoms. The Morgan fingerprint density at radius 3 is 2.42 bits per heavy atom. The van der Waals surface area contributed by atoms with Crippen molar-refractivity contribution in [1.82, 2.24) is 10.6 Å². The predicted octanol–water partition coefficient (Wildman–Crippen LogP) is 3.20. The Morgan fingerprint density at radius 1 is 1.04 bits per heavy atom. The topological polar surface area (TPSA) is 67.4 Å². The van der Waals surface area contributed by atoms with E-state index in [1.807, 2.05) is 54.6 Å². The largest absolute Gasteiger partial charge is 0.497 e. The number of hydrogen-bond donors (Lipinski definition) is 2. The summed E-state index contributed by atoms with van der Waals surface area (Å²) in [5.74, 6) is 1.11. The van der Waals surface area contributed by atoms with Gasteiger partial charge in [-0.05, 0) is 29.8 Å². The summed E-state index contributed by atoms with van der Waals surface area (Å²) in [5, 5.41) is 4.99. The SMILES string of the molecule is COc1ccc(SCCC(=O)NC(=O)NCc2ccccc2)cc1. The van der Waals surface area contributed by atoms with Gasteiger partial charge in [-0.1, -0.05) is 30.3 Å². The molecule has 2 aromatic carbocycles. The fourth-order valence-corrected chi connectivity index (χ4v) is 2.80. The quantitative estimate of drug-likeness (QED) is 0.757. The van der Waals surface area contributed by atoms with E-state index in [0.29, 0.717) is 12.3 Å². The second-order valence-corrected chi connectivity index (χ2v) is 6.16. The second-order valence-electron chi connectivity index (χ2n) is 4.99. The predicted molar refractivity (Wildman–Crippen MR) is 95.2 cm³/mol. The highest BCUT2D eigenvalue weighted by molar-refractivity contribution is 7.99. The molecule has 2 aromatic rings. The van der Waals surface area contributed by atoms with Gasteiger partial charge >= 0.3 is 6.03 Å². The number of hydrogen-bond acceptors (Lipinski definition) is 4. The van der Waals surface area contributed by atoms with Crippen LogP contribution in [0.1, 0.15) is 12.0 Å². The van der Waals surface area contributed by atoms with Crippen LogP contribution in [-0.2, 0) is 11.3 Å². The van der Waals surface area contributed by atoms with Gasteiger partial charge in [-0.25, -0.2) is 4.79 Å². The number of ether oxygens (including phenoxy) is 1. The number of methoxy groups -OCH3 is 1. The molecule has 3 amide bonds. The minimum absolute atomic E-state index is 0.273. The molecule has 0 atom stereocenters. The Balaban J connectivity index is 1.64.